The van der Waals surface area contributed by atoms with Crippen molar-refractivity contribution in [2.24, 2.45) is 5.92 Å². The molecule has 0 saturated carbocycles. The van der Waals surface area contributed by atoms with Crippen molar-refractivity contribution in [2.75, 3.05) is 25.0 Å². The number of rotatable bonds is 1. The number of nitrogens with zero attached hydrogens (tertiary/aromatic N) is 1. The van der Waals surface area contributed by atoms with Crippen molar-refractivity contribution in [1.82, 2.24) is 4.90 Å². The molecule has 0 aromatic heterocycles. The Morgan fingerprint density at radius 2 is 2.00 bits per heavy atom. The van der Waals surface area contributed by atoms with Crippen LogP contribution in [0.3, 0.4) is 0 Å². The number of piperidine rings is 1. The Balaban J connectivity index is 1.79. The highest BCUT2D eigenvalue weighted by Gasteiger charge is 2.42. The maximum atomic E-state index is 12.1. The van der Waals surface area contributed by atoms with Gasteiger partial charge in [0.2, 0.25) is 5.91 Å². The molecular weight excluding hydrogens is 248 g/mol. The molecule has 0 aliphatic carbocycles. The standard InChI is InChI=1S/C17H24N2O/c1-12(2)16(20)19-8-6-17(7-9-19)11-18-15-5-4-13(3)10-14(15)17/h4-5,10,12,18H,6-9,11H2,1-3H3. The maximum Gasteiger partial charge on any atom is 0.225 e. The van der Waals surface area contributed by atoms with Crippen LogP contribution < -0.4 is 5.32 Å². The van der Waals surface area contributed by atoms with Crippen molar-refractivity contribution < 1.29 is 4.79 Å². The Morgan fingerprint density at radius 3 is 2.65 bits per heavy atom. The lowest BCUT2D eigenvalue weighted by Crippen LogP contribution is -2.47. The third-order valence-corrected chi connectivity index (χ3v) is 4.89. The van der Waals surface area contributed by atoms with E-state index in [2.05, 4.69) is 30.4 Å². The van der Waals surface area contributed by atoms with Crippen LogP contribution >= 0.6 is 0 Å². The van der Waals surface area contributed by atoms with E-state index in [0.29, 0.717) is 5.91 Å². The van der Waals surface area contributed by atoms with Gasteiger partial charge in [-0.1, -0.05) is 31.5 Å². The summed E-state index contributed by atoms with van der Waals surface area (Å²) in [5, 5.41) is 3.55. The second-order valence-electron chi connectivity index (χ2n) is 6.66. The van der Waals surface area contributed by atoms with Crippen molar-refractivity contribution in [1.29, 1.82) is 0 Å². The first-order chi connectivity index (χ1) is 9.52. The number of hydrogen-bond acceptors (Lipinski definition) is 2. The van der Waals surface area contributed by atoms with Crippen molar-refractivity contribution in [2.45, 2.75) is 39.0 Å². The summed E-state index contributed by atoms with van der Waals surface area (Å²) < 4.78 is 0. The van der Waals surface area contributed by atoms with E-state index in [-0.39, 0.29) is 11.3 Å². The second kappa shape index (κ2) is 4.80. The van der Waals surface area contributed by atoms with Crippen LogP contribution in [0.25, 0.3) is 0 Å². The van der Waals surface area contributed by atoms with E-state index in [4.69, 9.17) is 0 Å². The molecular formula is C17H24N2O. The van der Waals surface area contributed by atoms with Crippen LogP contribution in [-0.2, 0) is 10.2 Å². The van der Waals surface area contributed by atoms with Gasteiger partial charge in [-0.05, 0) is 31.4 Å². The van der Waals surface area contributed by atoms with Crippen molar-refractivity contribution in [3.05, 3.63) is 29.3 Å². The van der Waals surface area contributed by atoms with Gasteiger partial charge in [-0.25, -0.2) is 0 Å². The zero-order valence-corrected chi connectivity index (χ0v) is 12.7. The molecule has 3 heteroatoms. The molecule has 0 radical (unpaired) electrons. The van der Waals surface area contributed by atoms with Crippen LogP contribution in [0.15, 0.2) is 18.2 Å². The number of anilines is 1. The molecule has 20 heavy (non-hydrogen) atoms. The van der Waals surface area contributed by atoms with Gasteiger partial charge in [-0.2, -0.15) is 0 Å². The van der Waals surface area contributed by atoms with Crippen LogP contribution in [0.4, 0.5) is 5.69 Å². The Labute approximate surface area is 121 Å². The van der Waals surface area contributed by atoms with Crippen molar-refractivity contribution >= 4 is 11.6 Å². The summed E-state index contributed by atoms with van der Waals surface area (Å²) in [6, 6.07) is 6.70. The fourth-order valence-electron chi connectivity index (χ4n) is 3.58. The van der Waals surface area contributed by atoms with E-state index >= 15 is 0 Å². The molecule has 1 aromatic rings. The summed E-state index contributed by atoms with van der Waals surface area (Å²) in [4.78, 5) is 14.2. The largest absolute Gasteiger partial charge is 0.384 e. The lowest BCUT2D eigenvalue weighted by Gasteiger charge is -2.40. The molecule has 0 bridgehead atoms. The first-order valence-electron chi connectivity index (χ1n) is 7.66. The van der Waals surface area contributed by atoms with Gasteiger partial charge in [0.15, 0.2) is 0 Å². The molecule has 1 aromatic carbocycles. The molecule has 2 aliphatic heterocycles. The third kappa shape index (κ3) is 2.09. The van der Waals surface area contributed by atoms with Gasteiger partial charge >= 0.3 is 0 Å². The van der Waals surface area contributed by atoms with Gasteiger partial charge < -0.3 is 10.2 Å². The van der Waals surface area contributed by atoms with Crippen molar-refractivity contribution in [3.8, 4) is 0 Å². The Bertz CT molecular complexity index is 528. The van der Waals surface area contributed by atoms with Gasteiger partial charge in [0.1, 0.15) is 0 Å². The number of carbonyl (C=O) groups excluding carboxylic acids is 1. The summed E-state index contributed by atoms with van der Waals surface area (Å²) in [6.07, 6.45) is 2.16. The fraction of sp³-hybridized carbons (Fsp3) is 0.588. The highest BCUT2D eigenvalue weighted by molar-refractivity contribution is 5.78. The number of amides is 1. The molecule has 3 rings (SSSR count). The third-order valence-electron chi connectivity index (χ3n) is 4.89. The summed E-state index contributed by atoms with van der Waals surface area (Å²) >= 11 is 0. The minimum absolute atomic E-state index is 0.111. The number of nitrogens with one attached hydrogen (secondary N) is 1. The molecule has 1 saturated heterocycles. The van der Waals surface area contributed by atoms with E-state index in [1.54, 1.807) is 0 Å². The zero-order valence-electron chi connectivity index (χ0n) is 12.7. The average molecular weight is 272 g/mol. The van der Waals surface area contributed by atoms with Crippen molar-refractivity contribution in [3.63, 3.8) is 0 Å². The number of likely N-dealkylation sites (tertiary alicyclic amines) is 1. The van der Waals surface area contributed by atoms with E-state index in [1.165, 1.54) is 16.8 Å². The number of benzene rings is 1. The number of fused-ring (bicyclic) bond motifs is 2. The fourth-order valence-corrected chi connectivity index (χ4v) is 3.58. The molecule has 1 amide bonds. The molecule has 108 valence electrons. The van der Waals surface area contributed by atoms with Crippen LogP contribution in [0.1, 0.15) is 37.8 Å². The predicted molar refractivity (Wildman–Crippen MR) is 82.0 cm³/mol. The van der Waals surface area contributed by atoms with Crippen LogP contribution in [-0.4, -0.2) is 30.4 Å². The highest BCUT2D eigenvalue weighted by atomic mass is 16.2. The lowest BCUT2D eigenvalue weighted by atomic mass is 9.74. The van der Waals surface area contributed by atoms with Crippen LogP contribution in [0, 0.1) is 12.8 Å². The Hall–Kier alpha value is -1.51. The molecule has 1 N–H and O–H groups in total. The smallest absolute Gasteiger partial charge is 0.225 e. The molecule has 3 nitrogen and oxygen atoms in total. The average Bonchev–Trinajstić information content (AvgIpc) is 2.77. The minimum Gasteiger partial charge on any atom is -0.384 e. The number of carbonyl (C=O) groups is 1. The Morgan fingerprint density at radius 1 is 1.30 bits per heavy atom. The zero-order chi connectivity index (χ0) is 14.3. The monoisotopic (exact) mass is 272 g/mol. The van der Waals surface area contributed by atoms with Gasteiger partial charge in [-0.3, -0.25) is 4.79 Å². The van der Waals surface area contributed by atoms with Gasteiger partial charge in [-0.15, -0.1) is 0 Å². The van der Waals surface area contributed by atoms with Crippen LogP contribution in [0.5, 0.6) is 0 Å². The molecule has 1 fully saturated rings. The SMILES string of the molecule is Cc1ccc2c(c1)C1(CCN(C(=O)C(C)C)CC1)CN2. The molecule has 2 heterocycles. The molecule has 2 aliphatic rings. The normalized spacial score (nSPS) is 20.1. The summed E-state index contributed by atoms with van der Waals surface area (Å²) in [5.41, 5.74) is 4.33. The first kappa shape index (κ1) is 13.5. The number of aryl methyl sites for hydroxylation is 1. The topological polar surface area (TPSA) is 32.3 Å². The number of hydrogen-bond donors (Lipinski definition) is 1. The van der Waals surface area contributed by atoms with E-state index < -0.39 is 0 Å². The summed E-state index contributed by atoms with van der Waals surface area (Å²) in [7, 11) is 0. The molecule has 1 spiro atoms. The molecule has 0 atom stereocenters. The minimum atomic E-state index is 0.111. The molecule has 0 unspecified atom stereocenters. The first-order valence-corrected chi connectivity index (χ1v) is 7.66. The van der Waals surface area contributed by atoms with Gasteiger partial charge in [0.25, 0.3) is 0 Å². The second-order valence-corrected chi connectivity index (χ2v) is 6.66. The lowest BCUT2D eigenvalue weighted by molar-refractivity contribution is -0.136. The summed E-state index contributed by atoms with van der Waals surface area (Å²) in [6.45, 7) is 8.95. The highest BCUT2D eigenvalue weighted by Crippen LogP contribution is 2.44. The van der Waals surface area contributed by atoms with Gasteiger partial charge in [0.05, 0.1) is 0 Å². The van der Waals surface area contributed by atoms with E-state index in [0.717, 1.165) is 32.5 Å². The summed E-state index contributed by atoms with van der Waals surface area (Å²) in [5.74, 6) is 0.413. The Kier molecular flexibility index (Phi) is 3.23. The van der Waals surface area contributed by atoms with Crippen LogP contribution in [0.2, 0.25) is 0 Å². The quantitative estimate of drug-likeness (QED) is 0.852. The van der Waals surface area contributed by atoms with E-state index in [9.17, 15) is 4.79 Å². The predicted octanol–water partition coefficient (Wildman–Crippen LogP) is 2.94. The maximum absolute atomic E-state index is 12.1. The van der Waals surface area contributed by atoms with E-state index in [1.807, 2.05) is 18.7 Å². The van der Waals surface area contributed by atoms with Gasteiger partial charge in [0, 0.05) is 36.7 Å².